The van der Waals surface area contributed by atoms with E-state index >= 15 is 0 Å². The predicted molar refractivity (Wildman–Crippen MR) is 73.0 cm³/mol. The van der Waals surface area contributed by atoms with E-state index in [0.717, 1.165) is 29.1 Å². The molecule has 1 amide bonds. The van der Waals surface area contributed by atoms with E-state index < -0.39 is 42.6 Å². The summed E-state index contributed by atoms with van der Waals surface area (Å²) in [4.78, 5) is 11.8. The average molecular weight is 349 g/mol. The Bertz CT molecular complexity index is 742. The van der Waals surface area contributed by atoms with Crippen molar-refractivity contribution in [1.82, 2.24) is 9.78 Å². The molecule has 130 valence electrons. The molecule has 2 N–H and O–H groups in total. The van der Waals surface area contributed by atoms with E-state index in [4.69, 9.17) is 5.11 Å². The van der Waals surface area contributed by atoms with Crippen molar-refractivity contribution in [2.45, 2.75) is 19.1 Å². The number of benzene rings is 1. The van der Waals surface area contributed by atoms with Crippen molar-refractivity contribution in [3.63, 3.8) is 0 Å². The van der Waals surface area contributed by atoms with Gasteiger partial charge in [0, 0.05) is 30.1 Å². The normalized spacial score (nSPS) is 11.6. The highest BCUT2D eigenvalue weighted by molar-refractivity contribution is 5.90. The molecular formula is C14H12F5N3O2. The van der Waals surface area contributed by atoms with E-state index in [0.29, 0.717) is 0 Å². The van der Waals surface area contributed by atoms with Crippen molar-refractivity contribution in [2.75, 3.05) is 11.9 Å². The van der Waals surface area contributed by atoms with Crippen molar-refractivity contribution >= 4 is 11.6 Å². The molecule has 0 saturated carbocycles. The zero-order chi connectivity index (χ0) is 17.9. The highest BCUT2D eigenvalue weighted by atomic mass is 19.4. The molecule has 0 bridgehead atoms. The molecule has 0 aliphatic rings. The van der Waals surface area contributed by atoms with Gasteiger partial charge in [0.2, 0.25) is 5.91 Å². The number of halogens is 5. The maximum atomic E-state index is 13.0. The van der Waals surface area contributed by atoms with Crippen LogP contribution in [-0.2, 0) is 23.9 Å². The fraction of sp³-hybridized carbons (Fsp3) is 0.286. The molecule has 1 aromatic carbocycles. The van der Waals surface area contributed by atoms with Gasteiger partial charge in [-0.15, -0.1) is 0 Å². The molecule has 0 atom stereocenters. The van der Waals surface area contributed by atoms with Gasteiger partial charge in [-0.1, -0.05) is 0 Å². The molecule has 1 heterocycles. The van der Waals surface area contributed by atoms with Gasteiger partial charge in [-0.25, -0.2) is 8.78 Å². The van der Waals surface area contributed by atoms with Crippen LogP contribution in [0.3, 0.4) is 0 Å². The zero-order valence-corrected chi connectivity index (χ0v) is 12.1. The molecular weight excluding hydrogens is 337 g/mol. The lowest BCUT2D eigenvalue weighted by atomic mass is 10.2. The molecule has 0 fully saturated rings. The number of anilines is 1. The van der Waals surface area contributed by atoms with Crippen LogP contribution >= 0.6 is 0 Å². The van der Waals surface area contributed by atoms with E-state index in [1.807, 2.05) is 0 Å². The van der Waals surface area contributed by atoms with Gasteiger partial charge < -0.3 is 10.4 Å². The summed E-state index contributed by atoms with van der Waals surface area (Å²) in [5, 5.41) is 14.3. The number of aliphatic hydroxyl groups is 1. The summed E-state index contributed by atoms with van der Waals surface area (Å²) in [6.07, 6.45) is -3.98. The summed E-state index contributed by atoms with van der Waals surface area (Å²) in [6, 6.07) is 2.66. The lowest BCUT2D eigenvalue weighted by Crippen LogP contribution is -2.20. The minimum absolute atomic E-state index is 0.0438. The van der Waals surface area contributed by atoms with Gasteiger partial charge in [-0.3, -0.25) is 9.48 Å². The third-order valence-electron chi connectivity index (χ3n) is 3.00. The number of hydrogen-bond donors (Lipinski definition) is 2. The molecule has 2 rings (SSSR count). The average Bonchev–Trinajstić information content (AvgIpc) is 2.86. The van der Waals surface area contributed by atoms with E-state index in [1.165, 1.54) is 0 Å². The number of hydrogen-bond acceptors (Lipinski definition) is 3. The van der Waals surface area contributed by atoms with Gasteiger partial charge in [0.1, 0.15) is 6.54 Å². The molecule has 0 aliphatic carbocycles. The third kappa shape index (κ3) is 4.28. The monoisotopic (exact) mass is 349 g/mol. The summed E-state index contributed by atoms with van der Waals surface area (Å²) in [7, 11) is 0. The van der Waals surface area contributed by atoms with Crippen molar-refractivity contribution in [3.8, 4) is 0 Å². The Morgan fingerprint density at radius 3 is 2.54 bits per heavy atom. The smallest absolute Gasteiger partial charge is 0.396 e. The second-order valence-electron chi connectivity index (χ2n) is 4.85. The van der Waals surface area contributed by atoms with E-state index in [9.17, 15) is 26.7 Å². The summed E-state index contributed by atoms with van der Waals surface area (Å²) < 4.78 is 65.0. The predicted octanol–water partition coefficient (Wildman–Crippen LogP) is 2.35. The second kappa shape index (κ2) is 6.95. The number of aromatic nitrogens is 2. The highest BCUT2D eigenvalue weighted by Gasteiger charge is 2.37. The van der Waals surface area contributed by atoms with Crippen LogP contribution in [0.25, 0.3) is 0 Å². The Morgan fingerprint density at radius 1 is 1.25 bits per heavy atom. The summed E-state index contributed by atoms with van der Waals surface area (Å²) in [5.74, 6) is -3.03. The first kappa shape index (κ1) is 17.9. The molecule has 1 aromatic heterocycles. The quantitative estimate of drug-likeness (QED) is 0.815. The van der Waals surface area contributed by atoms with E-state index in [2.05, 4.69) is 10.4 Å². The third-order valence-corrected chi connectivity index (χ3v) is 3.00. The molecule has 24 heavy (non-hydrogen) atoms. The number of nitrogens with zero attached hydrogens (tertiary/aromatic N) is 2. The molecule has 2 aromatic rings. The Balaban J connectivity index is 2.12. The first-order valence-electron chi connectivity index (χ1n) is 6.70. The first-order valence-corrected chi connectivity index (χ1v) is 6.70. The number of nitrogens with one attached hydrogen (secondary N) is 1. The molecule has 0 spiro atoms. The lowest BCUT2D eigenvalue weighted by molar-refractivity contribution is -0.142. The number of carbonyl (C=O) groups excluding carboxylic acids is 1. The van der Waals surface area contributed by atoms with E-state index in [-0.39, 0.29) is 17.7 Å². The molecule has 0 unspecified atom stereocenters. The van der Waals surface area contributed by atoms with Crippen LogP contribution in [0.1, 0.15) is 11.3 Å². The van der Waals surface area contributed by atoms with Crippen molar-refractivity contribution in [1.29, 1.82) is 0 Å². The maximum absolute atomic E-state index is 13.0. The van der Waals surface area contributed by atoms with Gasteiger partial charge in [0.15, 0.2) is 17.3 Å². The number of aliphatic hydroxyl groups excluding tert-OH is 1. The van der Waals surface area contributed by atoms with Crippen LogP contribution in [0.5, 0.6) is 0 Å². The SMILES string of the molecule is O=C(Cn1cc(CCO)c(C(F)(F)F)n1)Nc1ccc(F)c(F)c1. The van der Waals surface area contributed by atoms with Crippen molar-refractivity contribution in [3.05, 3.63) is 47.3 Å². The molecule has 0 saturated heterocycles. The van der Waals surface area contributed by atoms with Crippen LogP contribution < -0.4 is 5.32 Å². The van der Waals surface area contributed by atoms with Gasteiger partial charge >= 0.3 is 6.18 Å². The van der Waals surface area contributed by atoms with Gasteiger partial charge in [-0.05, 0) is 18.6 Å². The summed E-state index contributed by atoms with van der Waals surface area (Å²) in [5.41, 5.74) is -1.47. The zero-order valence-electron chi connectivity index (χ0n) is 12.1. The largest absolute Gasteiger partial charge is 0.435 e. The Morgan fingerprint density at radius 2 is 1.96 bits per heavy atom. The van der Waals surface area contributed by atoms with Crippen LogP contribution in [0, 0.1) is 11.6 Å². The van der Waals surface area contributed by atoms with Crippen LogP contribution in [0.4, 0.5) is 27.6 Å². The fourth-order valence-corrected chi connectivity index (χ4v) is 2.01. The Labute approximate surface area is 132 Å². The fourth-order valence-electron chi connectivity index (χ4n) is 2.01. The first-order chi connectivity index (χ1) is 11.2. The second-order valence-corrected chi connectivity index (χ2v) is 4.85. The number of alkyl halides is 3. The van der Waals surface area contributed by atoms with Gasteiger partial charge in [-0.2, -0.15) is 18.3 Å². The van der Waals surface area contributed by atoms with Gasteiger partial charge in [0.25, 0.3) is 0 Å². The molecule has 5 nitrogen and oxygen atoms in total. The topological polar surface area (TPSA) is 67.2 Å². The molecule has 0 aliphatic heterocycles. The van der Waals surface area contributed by atoms with Gasteiger partial charge in [0.05, 0.1) is 0 Å². The van der Waals surface area contributed by atoms with Crippen LogP contribution in [-0.4, -0.2) is 27.4 Å². The molecule has 10 heteroatoms. The minimum atomic E-state index is -4.72. The number of amides is 1. The minimum Gasteiger partial charge on any atom is -0.396 e. The maximum Gasteiger partial charge on any atom is 0.435 e. The van der Waals surface area contributed by atoms with Crippen LogP contribution in [0.2, 0.25) is 0 Å². The number of carbonyl (C=O) groups is 1. The van der Waals surface area contributed by atoms with Crippen LogP contribution in [0.15, 0.2) is 24.4 Å². The highest BCUT2D eigenvalue weighted by Crippen LogP contribution is 2.30. The van der Waals surface area contributed by atoms with E-state index in [1.54, 1.807) is 0 Å². The number of rotatable bonds is 5. The van der Waals surface area contributed by atoms with Crippen molar-refractivity contribution < 1.29 is 31.9 Å². The summed E-state index contributed by atoms with van der Waals surface area (Å²) in [6.45, 7) is -1.07. The molecule has 0 radical (unpaired) electrons. The van der Waals surface area contributed by atoms with Crippen molar-refractivity contribution in [2.24, 2.45) is 0 Å². The standard InChI is InChI=1S/C14H12F5N3O2/c15-10-2-1-9(5-11(10)16)20-12(24)7-22-6-8(3-4-23)13(21-22)14(17,18)19/h1-2,5-6,23H,3-4,7H2,(H,20,24). The summed E-state index contributed by atoms with van der Waals surface area (Å²) >= 11 is 0. The Kier molecular flexibility index (Phi) is 5.17. The Hall–Kier alpha value is -2.49. The lowest BCUT2D eigenvalue weighted by Gasteiger charge is -2.06.